The van der Waals surface area contributed by atoms with E-state index in [1.807, 2.05) is 6.92 Å². The maximum Gasteiger partial charge on any atom is 0.119 e. The van der Waals surface area contributed by atoms with E-state index in [0.29, 0.717) is 6.42 Å². The Kier molecular flexibility index (Phi) is 98.5. The van der Waals surface area contributed by atoms with Gasteiger partial charge in [-0.3, -0.25) is 0 Å². The van der Waals surface area contributed by atoms with Crippen LogP contribution in [0.4, 0.5) is 0 Å². The molecule has 0 aliphatic carbocycles. The number of hydrogen-bond acceptors (Lipinski definition) is 1. The molecular weight excluding hydrogens is 315 g/mol. The summed E-state index contributed by atoms with van der Waals surface area (Å²) >= 11 is 0. The van der Waals surface area contributed by atoms with Crippen LogP contribution in [-0.4, -0.2) is 30.2 Å². The first kappa shape index (κ1) is 30.5. The first-order valence-corrected chi connectivity index (χ1v) is 7.09. The first-order valence-electron chi connectivity index (χ1n) is 7.09. The molecule has 0 aliphatic rings. The van der Waals surface area contributed by atoms with Crippen LogP contribution in [0.25, 0.3) is 0 Å². The predicted molar refractivity (Wildman–Crippen MR) is 83.9 cm³/mol. The van der Waals surface area contributed by atoms with E-state index in [1.165, 1.54) is 38.5 Å². The molecule has 0 unspecified atom stereocenters. The zero-order valence-corrected chi connectivity index (χ0v) is 16.3. The molecule has 0 heterocycles. The van der Waals surface area contributed by atoms with Crippen LogP contribution in [-0.2, 0) is 4.79 Å². The predicted octanol–water partition coefficient (Wildman–Crippen LogP) is 5.63. The van der Waals surface area contributed by atoms with Gasteiger partial charge in [0, 0.05) is 30.3 Å². The molecule has 0 saturated heterocycles. The summed E-state index contributed by atoms with van der Waals surface area (Å²) in [4.78, 5) is 9.17. The molecule has 0 fully saturated rings. The molecule has 0 rings (SSSR count). The third-order valence-corrected chi connectivity index (χ3v) is 1.67. The van der Waals surface area contributed by atoms with Gasteiger partial charge in [-0.15, -0.1) is 0 Å². The summed E-state index contributed by atoms with van der Waals surface area (Å²) in [5.74, 6) is 0. The Labute approximate surface area is 128 Å². The summed E-state index contributed by atoms with van der Waals surface area (Å²) in [5, 5.41) is 0. The molecule has 0 bridgehead atoms. The fraction of sp³-hybridized carbons (Fsp3) is 0.933. The standard InChI is InChI=1S/3C4H10.C3H6O.Sn/c3*1-3-4-2;1-2-3-4;/h3*3-4H2,1-2H3;3H,2H2,1H3;. The molecule has 4 radical (unpaired) electrons. The quantitative estimate of drug-likeness (QED) is 0.474. The van der Waals surface area contributed by atoms with Crippen molar-refractivity contribution in [1.29, 1.82) is 0 Å². The number of unbranched alkanes of at least 4 members (excludes halogenated alkanes) is 3. The van der Waals surface area contributed by atoms with Gasteiger partial charge in [-0.05, 0) is 0 Å². The minimum Gasteiger partial charge on any atom is -0.303 e. The van der Waals surface area contributed by atoms with Crippen molar-refractivity contribution in [3.63, 3.8) is 0 Å². The monoisotopic (exact) mass is 352 g/mol. The first-order chi connectivity index (χ1) is 7.66. The minimum absolute atomic E-state index is 0. The van der Waals surface area contributed by atoms with Crippen LogP contribution in [0.3, 0.4) is 0 Å². The molecule has 106 valence electrons. The molecule has 2 heteroatoms. The van der Waals surface area contributed by atoms with Crippen LogP contribution in [0.1, 0.15) is 93.4 Å². The van der Waals surface area contributed by atoms with Crippen LogP contribution in [0.2, 0.25) is 0 Å². The van der Waals surface area contributed by atoms with E-state index in [9.17, 15) is 4.79 Å². The number of carbonyl (C=O) groups excluding carboxylic acids is 1. The summed E-state index contributed by atoms with van der Waals surface area (Å²) < 4.78 is 0. The summed E-state index contributed by atoms with van der Waals surface area (Å²) in [6.45, 7) is 14.9. The molecule has 17 heavy (non-hydrogen) atoms. The van der Waals surface area contributed by atoms with Gasteiger partial charge in [-0.1, -0.05) is 87.0 Å². The van der Waals surface area contributed by atoms with Crippen molar-refractivity contribution >= 4 is 30.2 Å². The van der Waals surface area contributed by atoms with E-state index < -0.39 is 0 Å². The fourth-order valence-electron chi connectivity index (χ4n) is 0. The van der Waals surface area contributed by atoms with Crippen LogP contribution >= 0.6 is 0 Å². The zero-order chi connectivity index (χ0) is 13.7. The topological polar surface area (TPSA) is 17.1 Å². The van der Waals surface area contributed by atoms with Gasteiger partial charge in [0.2, 0.25) is 0 Å². The molecule has 0 atom stereocenters. The number of carbonyl (C=O) groups is 1. The number of rotatable bonds is 4. The van der Waals surface area contributed by atoms with Gasteiger partial charge in [0.1, 0.15) is 6.29 Å². The van der Waals surface area contributed by atoms with E-state index in [2.05, 4.69) is 41.5 Å². The SMILES string of the molecule is CCC=O.CCCC.CCCC.CCCC.[Sn]. The van der Waals surface area contributed by atoms with Crippen LogP contribution in [0.15, 0.2) is 0 Å². The molecule has 0 aromatic rings. The third-order valence-electron chi connectivity index (χ3n) is 1.67. The van der Waals surface area contributed by atoms with Gasteiger partial charge >= 0.3 is 0 Å². The van der Waals surface area contributed by atoms with Crippen molar-refractivity contribution in [2.75, 3.05) is 0 Å². The normalized spacial score (nSPS) is 6.76. The maximum atomic E-state index is 9.17. The molecule has 1 nitrogen and oxygen atoms in total. The second kappa shape index (κ2) is 54.9. The van der Waals surface area contributed by atoms with Gasteiger partial charge in [0.05, 0.1) is 0 Å². The Balaban J connectivity index is -0.0000000369. The minimum atomic E-state index is 0. The van der Waals surface area contributed by atoms with Crippen molar-refractivity contribution < 1.29 is 4.79 Å². The van der Waals surface area contributed by atoms with Crippen molar-refractivity contribution in [2.45, 2.75) is 93.4 Å². The van der Waals surface area contributed by atoms with E-state index >= 15 is 0 Å². The largest absolute Gasteiger partial charge is 0.303 e. The van der Waals surface area contributed by atoms with Crippen molar-refractivity contribution in [1.82, 2.24) is 0 Å². The van der Waals surface area contributed by atoms with Gasteiger partial charge in [-0.25, -0.2) is 0 Å². The van der Waals surface area contributed by atoms with Crippen molar-refractivity contribution in [3.8, 4) is 0 Å². The van der Waals surface area contributed by atoms with E-state index in [0.717, 1.165) is 6.29 Å². The molecule has 0 spiro atoms. The Morgan fingerprint density at radius 3 is 0.706 bits per heavy atom. The van der Waals surface area contributed by atoms with Gasteiger partial charge in [0.25, 0.3) is 0 Å². The Bertz CT molecular complexity index is 59.8. The summed E-state index contributed by atoms with van der Waals surface area (Å²) in [6, 6.07) is 0. The summed E-state index contributed by atoms with van der Waals surface area (Å²) in [6.07, 6.45) is 9.43. The number of hydrogen-bond donors (Lipinski definition) is 0. The second-order valence-corrected chi connectivity index (χ2v) is 3.57. The molecule has 0 aliphatic heterocycles. The van der Waals surface area contributed by atoms with Gasteiger partial charge in [0.15, 0.2) is 0 Å². The molecule has 0 aromatic heterocycles. The molecule has 0 saturated carbocycles. The molecule has 0 amide bonds. The van der Waals surface area contributed by atoms with E-state index in [4.69, 9.17) is 0 Å². The average Bonchev–Trinajstić information content (AvgIpc) is 2.39. The second-order valence-electron chi connectivity index (χ2n) is 3.57. The van der Waals surface area contributed by atoms with E-state index in [1.54, 1.807) is 0 Å². The Morgan fingerprint density at radius 2 is 0.706 bits per heavy atom. The van der Waals surface area contributed by atoms with Gasteiger partial charge in [-0.2, -0.15) is 0 Å². The summed E-state index contributed by atoms with van der Waals surface area (Å²) in [5.41, 5.74) is 0. The van der Waals surface area contributed by atoms with Crippen molar-refractivity contribution in [2.24, 2.45) is 0 Å². The Hall–Kier alpha value is 0.469. The maximum absolute atomic E-state index is 9.17. The fourth-order valence-corrected chi connectivity index (χ4v) is 0. The smallest absolute Gasteiger partial charge is 0.119 e. The molecule has 0 N–H and O–H groups in total. The van der Waals surface area contributed by atoms with Crippen LogP contribution < -0.4 is 0 Å². The molecule has 0 aromatic carbocycles. The van der Waals surface area contributed by atoms with Crippen LogP contribution in [0.5, 0.6) is 0 Å². The van der Waals surface area contributed by atoms with Gasteiger partial charge < -0.3 is 4.79 Å². The number of aldehydes is 1. The van der Waals surface area contributed by atoms with Crippen molar-refractivity contribution in [3.05, 3.63) is 0 Å². The third kappa shape index (κ3) is 173. The van der Waals surface area contributed by atoms with E-state index in [-0.39, 0.29) is 23.9 Å². The zero-order valence-electron chi connectivity index (χ0n) is 13.4. The molecular formula is C15H36OSn. The average molecular weight is 351 g/mol. The summed E-state index contributed by atoms with van der Waals surface area (Å²) in [7, 11) is 0. The Morgan fingerprint density at radius 1 is 0.588 bits per heavy atom. The van der Waals surface area contributed by atoms with Crippen LogP contribution in [0, 0.1) is 0 Å².